The van der Waals surface area contributed by atoms with Gasteiger partial charge >= 0.3 is 0 Å². The Bertz CT molecular complexity index is 467. The summed E-state index contributed by atoms with van der Waals surface area (Å²) in [6, 6.07) is 2.69. The van der Waals surface area contributed by atoms with Crippen molar-refractivity contribution in [2.75, 3.05) is 13.7 Å². The predicted molar refractivity (Wildman–Crippen MR) is 68.0 cm³/mol. The van der Waals surface area contributed by atoms with Crippen LogP contribution >= 0.6 is 0 Å². The number of rotatable bonds is 2. The Morgan fingerprint density at radius 2 is 2.35 bits per heavy atom. The molecule has 0 radical (unpaired) electrons. The van der Waals surface area contributed by atoms with Gasteiger partial charge in [0.15, 0.2) is 0 Å². The van der Waals surface area contributed by atoms with Crippen molar-refractivity contribution in [3.8, 4) is 5.75 Å². The molecule has 2 atom stereocenters. The quantitative estimate of drug-likeness (QED) is 0.845. The van der Waals surface area contributed by atoms with E-state index in [1.807, 2.05) is 13.1 Å². The average Bonchev–Trinajstić information content (AvgIpc) is 2.90. The summed E-state index contributed by atoms with van der Waals surface area (Å²) < 4.78 is 5.33. The summed E-state index contributed by atoms with van der Waals surface area (Å²) in [7, 11) is 1.70. The van der Waals surface area contributed by atoms with E-state index >= 15 is 0 Å². The lowest BCUT2D eigenvalue weighted by molar-refractivity contribution is 0.409. The van der Waals surface area contributed by atoms with E-state index in [4.69, 9.17) is 4.74 Å². The first-order chi connectivity index (χ1) is 8.28. The van der Waals surface area contributed by atoms with E-state index in [9.17, 15) is 0 Å². The third-order valence-corrected chi connectivity index (χ3v) is 3.90. The second-order valence-corrected chi connectivity index (χ2v) is 4.94. The van der Waals surface area contributed by atoms with Crippen LogP contribution in [0.15, 0.2) is 18.3 Å². The molecule has 2 heterocycles. The molecule has 3 heteroatoms. The molecule has 0 bridgehead atoms. The standard InChI is InChI=1S/C14H18N2O/c1-9-14(17-2)7-12(8-16-9)11-5-10-3-4-15-13(10)6-11/h6-8,10,13,15H,3-5H2,1-2H3/t10-,13+/m1/s1. The second-order valence-electron chi connectivity index (χ2n) is 4.94. The Balaban J connectivity index is 1.90. The molecular weight excluding hydrogens is 212 g/mol. The third-order valence-electron chi connectivity index (χ3n) is 3.90. The fourth-order valence-corrected chi connectivity index (χ4v) is 2.88. The molecule has 1 N–H and O–H groups in total. The van der Waals surface area contributed by atoms with Gasteiger partial charge in [0.1, 0.15) is 5.75 Å². The summed E-state index contributed by atoms with van der Waals surface area (Å²) in [6.07, 6.45) is 6.79. The Labute approximate surface area is 102 Å². The fraction of sp³-hybridized carbons (Fsp3) is 0.500. The van der Waals surface area contributed by atoms with E-state index in [0.717, 1.165) is 23.9 Å². The van der Waals surface area contributed by atoms with Gasteiger partial charge in [0, 0.05) is 12.2 Å². The second kappa shape index (κ2) is 4.15. The molecule has 1 aliphatic heterocycles. The molecule has 90 valence electrons. The number of aryl methyl sites for hydroxylation is 1. The molecule has 0 unspecified atom stereocenters. The van der Waals surface area contributed by atoms with E-state index in [-0.39, 0.29) is 0 Å². The molecule has 0 aromatic carbocycles. The Kier molecular flexibility index (Phi) is 2.63. The number of fused-ring (bicyclic) bond motifs is 1. The van der Waals surface area contributed by atoms with Gasteiger partial charge in [-0.15, -0.1) is 0 Å². The number of hydrogen-bond acceptors (Lipinski definition) is 3. The number of hydrogen-bond donors (Lipinski definition) is 1. The van der Waals surface area contributed by atoms with Crippen LogP contribution in [0.3, 0.4) is 0 Å². The minimum Gasteiger partial charge on any atom is -0.495 e. The maximum absolute atomic E-state index is 5.33. The summed E-state index contributed by atoms with van der Waals surface area (Å²) in [5.41, 5.74) is 3.58. The number of allylic oxidation sites excluding steroid dienone is 1. The zero-order valence-electron chi connectivity index (χ0n) is 10.4. The highest BCUT2D eigenvalue weighted by molar-refractivity contribution is 5.69. The Morgan fingerprint density at radius 3 is 3.12 bits per heavy atom. The Morgan fingerprint density at radius 1 is 1.47 bits per heavy atom. The van der Waals surface area contributed by atoms with Crippen molar-refractivity contribution in [2.24, 2.45) is 5.92 Å². The van der Waals surface area contributed by atoms with E-state index in [2.05, 4.69) is 22.4 Å². The largest absolute Gasteiger partial charge is 0.495 e. The van der Waals surface area contributed by atoms with Crippen LogP contribution in [0.2, 0.25) is 0 Å². The molecule has 3 nitrogen and oxygen atoms in total. The summed E-state index contributed by atoms with van der Waals surface area (Å²) in [6.45, 7) is 3.14. The van der Waals surface area contributed by atoms with Crippen LogP contribution in [0.4, 0.5) is 0 Å². The van der Waals surface area contributed by atoms with Gasteiger partial charge in [-0.25, -0.2) is 0 Å². The van der Waals surface area contributed by atoms with Crippen molar-refractivity contribution in [1.29, 1.82) is 0 Å². The zero-order chi connectivity index (χ0) is 11.8. The Hall–Kier alpha value is -1.35. The van der Waals surface area contributed by atoms with Gasteiger partial charge in [0.25, 0.3) is 0 Å². The topological polar surface area (TPSA) is 34.1 Å². The first kappa shape index (κ1) is 10.8. The molecule has 3 rings (SSSR count). The number of nitrogens with zero attached hydrogens (tertiary/aromatic N) is 1. The zero-order valence-corrected chi connectivity index (χ0v) is 10.4. The van der Waals surface area contributed by atoms with Crippen molar-refractivity contribution >= 4 is 5.57 Å². The highest BCUT2D eigenvalue weighted by Crippen LogP contribution is 2.37. The van der Waals surface area contributed by atoms with Gasteiger partial charge in [-0.2, -0.15) is 0 Å². The van der Waals surface area contributed by atoms with Crippen molar-refractivity contribution in [2.45, 2.75) is 25.8 Å². The van der Waals surface area contributed by atoms with Gasteiger partial charge in [0.2, 0.25) is 0 Å². The fourth-order valence-electron chi connectivity index (χ4n) is 2.88. The highest BCUT2D eigenvalue weighted by Gasteiger charge is 2.31. The van der Waals surface area contributed by atoms with Gasteiger partial charge in [-0.05, 0) is 49.4 Å². The lowest BCUT2D eigenvalue weighted by Gasteiger charge is -2.09. The molecule has 17 heavy (non-hydrogen) atoms. The number of nitrogens with one attached hydrogen (secondary N) is 1. The summed E-state index contributed by atoms with van der Waals surface area (Å²) >= 11 is 0. The monoisotopic (exact) mass is 230 g/mol. The molecule has 1 saturated heterocycles. The molecule has 1 aromatic heterocycles. The van der Waals surface area contributed by atoms with Gasteiger partial charge in [-0.1, -0.05) is 6.08 Å². The summed E-state index contributed by atoms with van der Waals surface area (Å²) in [4.78, 5) is 4.40. The van der Waals surface area contributed by atoms with Gasteiger partial charge in [0.05, 0.1) is 12.8 Å². The molecule has 0 saturated carbocycles. The van der Waals surface area contributed by atoms with Crippen LogP contribution in [0, 0.1) is 12.8 Å². The SMILES string of the molecule is COc1cc(C2=C[C@@H]3NCC[C@@H]3C2)cnc1C. The van der Waals surface area contributed by atoms with Crippen LogP contribution in [-0.4, -0.2) is 24.7 Å². The molecule has 1 fully saturated rings. The lowest BCUT2D eigenvalue weighted by atomic mass is 9.99. The first-order valence-electron chi connectivity index (χ1n) is 6.23. The van der Waals surface area contributed by atoms with Gasteiger partial charge < -0.3 is 10.1 Å². The number of ether oxygens (including phenoxy) is 1. The smallest absolute Gasteiger partial charge is 0.140 e. The normalized spacial score (nSPS) is 26.8. The molecule has 1 aromatic rings. The van der Waals surface area contributed by atoms with Gasteiger partial charge in [-0.3, -0.25) is 4.98 Å². The van der Waals surface area contributed by atoms with Crippen molar-refractivity contribution < 1.29 is 4.74 Å². The van der Waals surface area contributed by atoms with E-state index in [0.29, 0.717) is 6.04 Å². The van der Waals surface area contributed by atoms with Crippen molar-refractivity contribution in [3.63, 3.8) is 0 Å². The van der Waals surface area contributed by atoms with Crippen molar-refractivity contribution in [3.05, 3.63) is 29.6 Å². The minimum absolute atomic E-state index is 0.581. The molecule has 0 spiro atoms. The third kappa shape index (κ3) is 1.84. The summed E-state index contributed by atoms with van der Waals surface area (Å²) in [5, 5.41) is 3.53. The number of aromatic nitrogens is 1. The maximum Gasteiger partial charge on any atom is 0.140 e. The van der Waals surface area contributed by atoms with E-state index in [1.165, 1.54) is 24.0 Å². The van der Waals surface area contributed by atoms with E-state index < -0.39 is 0 Å². The number of methoxy groups -OCH3 is 1. The van der Waals surface area contributed by atoms with Crippen LogP contribution in [0.1, 0.15) is 24.1 Å². The molecule has 2 aliphatic rings. The maximum atomic E-state index is 5.33. The average molecular weight is 230 g/mol. The first-order valence-corrected chi connectivity index (χ1v) is 6.23. The van der Waals surface area contributed by atoms with Crippen LogP contribution in [0.25, 0.3) is 5.57 Å². The number of pyridine rings is 1. The molecule has 1 aliphatic carbocycles. The van der Waals surface area contributed by atoms with E-state index in [1.54, 1.807) is 7.11 Å². The lowest BCUT2D eigenvalue weighted by Crippen LogP contribution is -2.20. The predicted octanol–water partition coefficient (Wildman–Crippen LogP) is 2.16. The molecular formula is C14H18N2O. The highest BCUT2D eigenvalue weighted by atomic mass is 16.5. The van der Waals surface area contributed by atoms with Crippen LogP contribution in [-0.2, 0) is 0 Å². The molecule has 0 amide bonds. The minimum atomic E-state index is 0.581. The van der Waals surface area contributed by atoms with Crippen LogP contribution in [0.5, 0.6) is 5.75 Å². The summed E-state index contributed by atoms with van der Waals surface area (Å²) in [5.74, 6) is 1.67. The van der Waals surface area contributed by atoms with Crippen LogP contribution < -0.4 is 10.1 Å². The van der Waals surface area contributed by atoms with Crippen molar-refractivity contribution in [1.82, 2.24) is 10.3 Å².